The van der Waals surface area contributed by atoms with Crippen molar-refractivity contribution < 1.29 is 0 Å². The fourth-order valence-corrected chi connectivity index (χ4v) is 12.1. The molecule has 300 valence electrons. The maximum Gasteiger partial charge on any atom is 0.0601 e. The van der Waals surface area contributed by atoms with E-state index < -0.39 is 0 Å². The summed E-state index contributed by atoms with van der Waals surface area (Å²) in [5, 5.41) is 7.38. The molecule has 2 heterocycles. The highest BCUT2D eigenvalue weighted by Gasteiger charge is 2.28. The number of hydrogen-bond acceptors (Lipinski definition) is 4. The standard InChI is InChI=1S/C60H38N2S2/c1-2-16-41(17-3-1)59-47-35-33-44(62-53-23-8-12-27-57(53)64-58-28-13-9-24-54(58)62)38-50(47)60(42-31-29-40(30-32-42)46-20-14-18-39-15-4-5-19-45(39)46)48-36-34-43(37-49(48)59)61-51-21-6-10-25-55(51)63-56-26-11-7-22-52(56)61/h1-38H. The Labute approximate surface area is 381 Å². The van der Waals surface area contributed by atoms with Gasteiger partial charge in [0.1, 0.15) is 0 Å². The van der Waals surface area contributed by atoms with Crippen LogP contribution < -0.4 is 9.80 Å². The van der Waals surface area contributed by atoms with Crippen molar-refractivity contribution in [2.75, 3.05) is 9.80 Å². The number of anilines is 6. The number of benzene rings is 11. The summed E-state index contributed by atoms with van der Waals surface area (Å²) in [4.78, 5) is 9.91. The second kappa shape index (κ2) is 15.1. The topological polar surface area (TPSA) is 6.48 Å². The number of rotatable bonds is 5. The lowest BCUT2D eigenvalue weighted by Crippen LogP contribution is -2.15. The van der Waals surface area contributed by atoms with E-state index in [1.807, 2.05) is 23.5 Å². The molecule has 64 heavy (non-hydrogen) atoms. The van der Waals surface area contributed by atoms with Crippen molar-refractivity contribution in [3.8, 4) is 33.4 Å². The molecule has 0 amide bonds. The van der Waals surface area contributed by atoms with Gasteiger partial charge in [0.2, 0.25) is 0 Å². The van der Waals surface area contributed by atoms with Crippen LogP contribution in [0.3, 0.4) is 0 Å². The van der Waals surface area contributed by atoms with Crippen molar-refractivity contribution in [1.29, 1.82) is 0 Å². The molecule has 0 bridgehead atoms. The maximum atomic E-state index is 2.45. The average Bonchev–Trinajstić information content (AvgIpc) is 3.36. The summed E-state index contributed by atoms with van der Waals surface area (Å²) in [5.41, 5.74) is 14.3. The molecule has 0 radical (unpaired) electrons. The van der Waals surface area contributed by atoms with Crippen LogP contribution in [0.15, 0.2) is 250 Å². The Bertz CT molecular complexity index is 3540. The second-order valence-corrected chi connectivity index (χ2v) is 18.6. The predicted octanol–water partition coefficient (Wildman–Crippen LogP) is 18.0. The van der Waals surface area contributed by atoms with Crippen LogP contribution in [0.5, 0.6) is 0 Å². The summed E-state index contributed by atoms with van der Waals surface area (Å²) in [7, 11) is 0. The molecule has 13 rings (SSSR count). The first-order valence-electron chi connectivity index (χ1n) is 21.7. The van der Waals surface area contributed by atoms with Gasteiger partial charge in [0, 0.05) is 31.0 Å². The van der Waals surface area contributed by atoms with Crippen LogP contribution in [-0.4, -0.2) is 0 Å². The highest BCUT2D eigenvalue weighted by molar-refractivity contribution is 8.00. The lowest BCUT2D eigenvalue weighted by atomic mass is 9.85. The Morgan fingerprint density at radius 1 is 0.266 bits per heavy atom. The molecule has 0 aliphatic carbocycles. The predicted molar refractivity (Wildman–Crippen MR) is 273 cm³/mol. The van der Waals surface area contributed by atoms with Gasteiger partial charge in [-0.2, -0.15) is 0 Å². The lowest BCUT2D eigenvalue weighted by molar-refractivity contribution is 1.17. The molecule has 0 unspecified atom stereocenters. The maximum absolute atomic E-state index is 2.45. The number of hydrogen-bond donors (Lipinski definition) is 0. The summed E-state index contributed by atoms with van der Waals surface area (Å²) in [6.07, 6.45) is 0. The third-order valence-corrected chi connectivity index (χ3v) is 15.1. The van der Waals surface area contributed by atoms with Gasteiger partial charge >= 0.3 is 0 Å². The van der Waals surface area contributed by atoms with E-state index in [2.05, 4.69) is 240 Å². The Morgan fingerprint density at radius 2 is 0.672 bits per heavy atom. The van der Waals surface area contributed by atoms with Gasteiger partial charge in [0.05, 0.1) is 22.7 Å². The first-order chi connectivity index (χ1) is 31.7. The molecule has 0 aromatic heterocycles. The minimum atomic E-state index is 1.13. The van der Waals surface area contributed by atoms with Gasteiger partial charge in [-0.15, -0.1) is 0 Å². The van der Waals surface area contributed by atoms with Gasteiger partial charge < -0.3 is 9.80 Å². The Morgan fingerprint density at radius 3 is 1.19 bits per heavy atom. The second-order valence-electron chi connectivity index (χ2n) is 16.4. The molecular weight excluding hydrogens is 813 g/mol. The monoisotopic (exact) mass is 850 g/mol. The van der Waals surface area contributed by atoms with Crippen LogP contribution in [-0.2, 0) is 0 Å². The van der Waals surface area contributed by atoms with Crippen LogP contribution in [0.25, 0.3) is 65.7 Å². The molecule has 11 aromatic carbocycles. The van der Waals surface area contributed by atoms with Gasteiger partial charge in [-0.1, -0.05) is 181 Å². The van der Waals surface area contributed by atoms with E-state index >= 15 is 0 Å². The fourth-order valence-electron chi connectivity index (χ4n) is 9.97. The normalized spacial score (nSPS) is 12.8. The van der Waals surface area contributed by atoms with Crippen LogP contribution in [0.1, 0.15) is 0 Å². The Kier molecular flexibility index (Phi) is 8.75. The molecule has 0 spiro atoms. The molecule has 0 N–H and O–H groups in total. The van der Waals surface area contributed by atoms with E-state index in [1.54, 1.807) is 0 Å². The SMILES string of the molecule is c1ccc(-c2c3ccc(N4c5ccccc5Sc5ccccc54)cc3c(-c3ccc(-c4cccc5ccccc45)cc3)c3ccc(N4c5ccccc5Sc5ccccc54)cc23)cc1. The van der Waals surface area contributed by atoms with Crippen LogP contribution >= 0.6 is 23.5 Å². The van der Waals surface area contributed by atoms with Gasteiger partial charge in [-0.05, 0) is 138 Å². The molecular formula is C60H38N2S2. The molecule has 2 aliphatic heterocycles. The largest absolute Gasteiger partial charge is 0.308 e. The number of para-hydroxylation sites is 4. The van der Waals surface area contributed by atoms with Crippen molar-refractivity contribution in [2.45, 2.75) is 19.6 Å². The average molecular weight is 851 g/mol. The minimum absolute atomic E-state index is 1.13. The summed E-state index contributed by atoms with van der Waals surface area (Å²) < 4.78 is 0. The van der Waals surface area contributed by atoms with E-state index in [0.29, 0.717) is 0 Å². The van der Waals surface area contributed by atoms with E-state index in [0.717, 1.165) is 11.4 Å². The summed E-state index contributed by atoms with van der Waals surface area (Å²) in [5.74, 6) is 0. The molecule has 11 aromatic rings. The van der Waals surface area contributed by atoms with E-state index in [1.165, 1.54) is 108 Å². The molecule has 4 heteroatoms. The lowest BCUT2D eigenvalue weighted by Gasteiger charge is -2.33. The van der Waals surface area contributed by atoms with E-state index in [9.17, 15) is 0 Å². The van der Waals surface area contributed by atoms with Crippen LogP contribution in [0, 0.1) is 0 Å². The van der Waals surface area contributed by atoms with E-state index in [4.69, 9.17) is 0 Å². The van der Waals surface area contributed by atoms with Gasteiger partial charge in [-0.3, -0.25) is 0 Å². The minimum Gasteiger partial charge on any atom is -0.308 e. The molecule has 0 fully saturated rings. The molecule has 0 saturated carbocycles. The van der Waals surface area contributed by atoms with Gasteiger partial charge in [0.15, 0.2) is 0 Å². The summed E-state index contributed by atoms with van der Waals surface area (Å²) in [6.45, 7) is 0. The fraction of sp³-hybridized carbons (Fsp3) is 0. The molecule has 2 nitrogen and oxygen atoms in total. The zero-order valence-corrected chi connectivity index (χ0v) is 36.3. The smallest absolute Gasteiger partial charge is 0.0601 e. The molecule has 2 aliphatic rings. The highest BCUT2D eigenvalue weighted by Crippen LogP contribution is 2.55. The molecule has 0 saturated heterocycles. The Hall–Kier alpha value is -7.50. The van der Waals surface area contributed by atoms with Crippen molar-refractivity contribution in [1.82, 2.24) is 0 Å². The number of nitrogens with zero attached hydrogens (tertiary/aromatic N) is 2. The van der Waals surface area contributed by atoms with Crippen LogP contribution in [0.4, 0.5) is 34.1 Å². The van der Waals surface area contributed by atoms with Crippen molar-refractivity contribution in [3.63, 3.8) is 0 Å². The van der Waals surface area contributed by atoms with Crippen molar-refractivity contribution in [2.24, 2.45) is 0 Å². The summed E-state index contributed by atoms with van der Waals surface area (Å²) in [6, 6.07) is 85.0. The Balaban J connectivity index is 1.10. The van der Waals surface area contributed by atoms with E-state index in [-0.39, 0.29) is 0 Å². The zero-order chi connectivity index (χ0) is 42.1. The zero-order valence-electron chi connectivity index (χ0n) is 34.7. The highest BCUT2D eigenvalue weighted by atomic mass is 32.2. The third kappa shape index (κ3) is 5.98. The van der Waals surface area contributed by atoms with Gasteiger partial charge in [0.25, 0.3) is 0 Å². The first kappa shape index (κ1) is 37.1. The number of fused-ring (bicyclic) bond motifs is 7. The quantitative estimate of drug-likeness (QED) is 0.159. The molecule has 0 atom stereocenters. The summed E-state index contributed by atoms with van der Waals surface area (Å²) >= 11 is 3.69. The van der Waals surface area contributed by atoms with Crippen molar-refractivity contribution in [3.05, 3.63) is 231 Å². The van der Waals surface area contributed by atoms with Gasteiger partial charge in [-0.25, -0.2) is 0 Å². The van der Waals surface area contributed by atoms with Crippen LogP contribution in [0.2, 0.25) is 0 Å². The van der Waals surface area contributed by atoms with Crippen molar-refractivity contribution >= 4 is 90.0 Å². The third-order valence-electron chi connectivity index (χ3n) is 12.8. The first-order valence-corrected chi connectivity index (χ1v) is 23.4.